The Morgan fingerprint density at radius 1 is 1.23 bits per heavy atom. The van der Waals surface area contributed by atoms with Crippen LogP contribution in [-0.4, -0.2) is 49.3 Å². The Hall–Kier alpha value is -2.86. The smallest absolute Gasteiger partial charge is 0.413 e. The zero-order chi connectivity index (χ0) is 22.3. The summed E-state index contributed by atoms with van der Waals surface area (Å²) in [6, 6.07) is 9.63. The third-order valence-electron chi connectivity index (χ3n) is 4.26. The predicted molar refractivity (Wildman–Crippen MR) is 123 cm³/mol. The maximum Gasteiger partial charge on any atom is 0.413 e. The summed E-state index contributed by atoms with van der Waals surface area (Å²) in [4.78, 5) is 18.8. The van der Waals surface area contributed by atoms with E-state index in [0.29, 0.717) is 5.82 Å². The van der Waals surface area contributed by atoms with Gasteiger partial charge in [-0.2, -0.15) is 0 Å². The van der Waals surface area contributed by atoms with Crippen LogP contribution < -0.4 is 10.1 Å². The average Bonchev–Trinajstić information content (AvgIpc) is 2.65. The number of anilines is 1. The SMILES string of the molecule is CCc1cc(-c2cccc(NC(=O)OC(C)(C)C)n2)c(OC)cc1/C=C/CN(C)C. The van der Waals surface area contributed by atoms with Crippen molar-refractivity contribution in [1.82, 2.24) is 9.88 Å². The van der Waals surface area contributed by atoms with E-state index in [4.69, 9.17) is 9.47 Å². The van der Waals surface area contributed by atoms with Gasteiger partial charge in [0, 0.05) is 12.1 Å². The quantitative estimate of drug-likeness (QED) is 0.675. The molecule has 1 amide bonds. The van der Waals surface area contributed by atoms with Gasteiger partial charge in [-0.05, 0) is 76.7 Å². The molecule has 162 valence electrons. The zero-order valence-corrected chi connectivity index (χ0v) is 19.1. The van der Waals surface area contributed by atoms with Crippen molar-refractivity contribution >= 4 is 18.0 Å². The van der Waals surface area contributed by atoms with Crippen molar-refractivity contribution in [3.05, 3.63) is 47.5 Å². The Morgan fingerprint density at radius 3 is 2.57 bits per heavy atom. The highest BCUT2D eigenvalue weighted by molar-refractivity contribution is 5.84. The van der Waals surface area contributed by atoms with E-state index in [2.05, 4.69) is 40.3 Å². The van der Waals surface area contributed by atoms with Crippen LogP contribution in [0.25, 0.3) is 17.3 Å². The molecule has 0 spiro atoms. The van der Waals surface area contributed by atoms with Crippen molar-refractivity contribution in [3.63, 3.8) is 0 Å². The molecule has 6 heteroatoms. The van der Waals surface area contributed by atoms with Gasteiger partial charge in [-0.25, -0.2) is 9.78 Å². The minimum atomic E-state index is -0.573. The van der Waals surface area contributed by atoms with Gasteiger partial charge < -0.3 is 14.4 Å². The number of carbonyl (C=O) groups excluding carboxylic acids is 1. The lowest BCUT2D eigenvalue weighted by Gasteiger charge is -2.19. The largest absolute Gasteiger partial charge is 0.496 e. The summed E-state index contributed by atoms with van der Waals surface area (Å²) in [5, 5.41) is 2.70. The number of benzene rings is 1. The van der Waals surface area contributed by atoms with Crippen molar-refractivity contribution < 1.29 is 14.3 Å². The number of methoxy groups -OCH3 is 1. The minimum absolute atomic E-state index is 0.428. The molecule has 0 atom stereocenters. The molecule has 0 radical (unpaired) electrons. The molecule has 6 nitrogen and oxygen atoms in total. The number of aromatic nitrogens is 1. The highest BCUT2D eigenvalue weighted by Crippen LogP contribution is 2.33. The van der Waals surface area contributed by atoms with Gasteiger partial charge in [-0.3, -0.25) is 5.32 Å². The van der Waals surface area contributed by atoms with Gasteiger partial charge in [0.05, 0.1) is 12.8 Å². The van der Waals surface area contributed by atoms with Crippen molar-refractivity contribution in [3.8, 4) is 17.0 Å². The van der Waals surface area contributed by atoms with Crippen LogP contribution in [0.5, 0.6) is 5.75 Å². The van der Waals surface area contributed by atoms with Crippen LogP contribution in [0.1, 0.15) is 38.8 Å². The van der Waals surface area contributed by atoms with Gasteiger partial charge in [0.2, 0.25) is 0 Å². The zero-order valence-electron chi connectivity index (χ0n) is 19.1. The maximum absolute atomic E-state index is 12.1. The Bertz CT molecular complexity index is 899. The molecule has 1 heterocycles. The van der Waals surface area contributed by atoms with Crippen LogP contribution >= 0.6 is 0 Å². The summed E-state index contributed by atoms with van der Waals surface area (Å²) in [5.41, 5.74) is 3.36. The number of nitrogens with one attached hydrogen (secondary N) is 1. The maximum atomic E-state index is 12.1. The molecule has 0 aliphatic rings. The molecule has 2 rings (SSSR count). The average molecular weight is 412 g/mol. The molecule has 0 bridgehead atoms. The standard InChI is InChI=1S/C24H33N3O3/c1-8-17-15-19(21(29-7)16-18(17)11-10-14-27(5)6)20-12-9-13-22(25-20)26-23(28)30-24(2,3)4/h9-13,15-16H,8,14H2,1-7H3,(H,25,26,28)/b11-10+. The molecule has 0 unspecified atom stereocenters. The van der Waals surface area contributed by atoms with E-state index in [-0.39, 0.29) is 0 Å². The number of hydrogen-bond acceptors (Lipinski definition) is 5. The van der Waals surface area contributed by atoms with E-state index in [1.165, 1.54) is 5.56 Å². The van der Waals surface area contributed by atoms with E-state index >= 15 is 0 Å². The summed E-state index contributed by atoms with van der Waals surface area (Å²) in [5.74, 6) is 1.16. The highest BCUT2D eigenvalue weighted by Gasteiger charge is 2.17. The van der Waals surface area contributed by atoms with E-state index < -0.39 is 11.7 Å². The van der Waals surface area contributed by atoms with Crippen molar-refractivity contribution in [1.29, 1.82) is 0 Å². The topological polar surface area (TPSA) is 63.7 Å². The second-order valence-corrected chi connectivity index (χ2v) is 8.30. The van der Waals surface area contributed by atoms with Gasteiger partial charge in [-0.1, -0.05) is 25.1 Å². The van der Waals surface area contributed by atoms with Crippen molar-refractivity contribution in [2.24, 2.45) is 0 Å². The van der Waals surface area contributed by atoms with E-state index in [1.54, 1.807) is 13.2 Å². The lowest BCUT2D eigenvalue weighted by atomic mass is 9.98. The monoisotopic (exact) mass is 411 g/mol. The van der Waals surface area contributed by atoms with Gasteiger partial charge in [0.15, 0.2) is 0 Å². The van der Waals surface area contributed by atoms with Crippen LogP contribution in [-0.2, 0) is 11.2 Å². The summed E-state index contributed by atoms with van der Waals surface area (Å²) in [7, 11) is 5.73. The molecule has 1 N–H and O–H groups in total. The van der Waals surface area contributed by atoms with Crippen LogP contribution in [0.2, 0.25) is 0 Å². The Labute approximate surface area is 179 Å². The first-order valence-electron chi connectivity index (χ1n) is 10.1. The predicted octanol–water partition coefficient (Wildman–Crippen LogP) is 5.24. The van der Waals surface area contributed by atoms with Crippen LogP contribution in [0.4, 0.5) is 10.6 Å². The van der Waals surface area contributed by atoms with Crippen LogP contribution in [0.15, 0.2) is 36.4 Å². The molecule has 0 saturated carbocycles. The number of hydrogen-bond donors (Lipinski definition) is 1. The van der Waals surface area contributed by atoms with E-state index in [1.807, 2.05) is 53.1 Å². The summed E-state index contributed by atoms with van der Waals surface area (Å²) >= 11 is 0. The molecule has 0 fully saturated rings. The second-order valence-electron chi connectivity index (χ2n) is 8.30. The fourth-order valence-corrected chi connectivity index (χ4v) is 2.92. The van der Waals surface area contributed by atoms with Gasteiger partial charge in [0.1, 0.15) is 17.2 Å². The molecule has 0 aliphatic heterocycles. The molecule has 1 aromatic carbocycles. The normalized spacial score (nSPS) is 11.7. The van der Waals surface area contributed by atoms with E-state index in [0.717, 1.165) is 35.5 Å². The second kappa shape index (κ2) is 10.3. The van der Waals surface area contributed by atoms with Gasteiger partial charge >= 0.3 is 6.09 Å². The number of pyridine rings is 1. The fourth-order valence-electron chi connectivity index (χ4n) is 2.92. The number of amides is 1. The van der Waals surface area contributed by atoms with Gasteiger partial charge in [0.25, 0.3) is 0 Å². The third kappa shape index (κ3) is 6.88. The lowest BCUT2D eigenvalue weighted by molar-refractivity contribution is 0.0635. The van der Waals surface area contributed by atoms with Gasteiger partial charge in [-0.15, -0.1) is 0 Å². The Kier molecular flexibility index (Phi) is 8.00. The Balaban J connectivity index is 2.36. The number of likely N-dealkylation sites (N-methyl/N-ethyl adjacent to an activating group) is 1. The van der Waals surface area contributed by atoms with E-state index in [9.17, 15) is 4.79 Å². The number of aryl methyl sites for hydroxylation is 1. The number of carbonyl (C=O) groups is 1. The van der Waals surface area contributed by atoms with Crippen LogP contribution in [0, 0.1) is 0 Å². The molecule has 1 aromatic heterocycles. The molecular formula is C24H33N3O3. The number of ether oxygens (including phenoxy) is 2. The first kappa shape index (κ1) is 23.4. The molecule has 2 aromatic rings. The third-order valence-corrected chi connectivity index (χ3v) is 4.26. The number of rotatable bonds is 7. The number of nitrogens with zero attached hydrogens (tertiary/aromatic N) is 2. The molecule has 0 saturated heterocycles. The fraction of sp³-hybridized carbons (Fsp3) is 0.417. The lowest BCUT2D eigenvalue weighted by Crippen LogP contribution is -2.27. The van der Waals surface area contributed by atoms with Crippen LogP contribution in [0.3, 0.4) is 0 Å². The summed E-state index contributed by atoms with van der Waals surface area (Å²) in [6.45, 7) is 8.46. The Morgan fingerprint density at radius 2 is 1.97 bits per heavy atom. The summed E-state index contributed by atoms with van der Waals surface area (Å²) < 4.78 is 11.0. The van der Waals surface area contributed by atoms with Crippen molar-refractivity contribution in [2.75, 3.05) is 33.1 Å². The molecular weight excluding hydrogens is 378 g/mol. The highest BCUT2D eigenvalue weighted by atomic mass is 16.6. The summed E-state index contributed by atoms with van der Waals surface area (Å²) in [6.07, 6.45) is 4.61. The molecule has 30 heavy (non-hydrogen) atoms. The first-order chi connectivity index (χ1) is 14.1. The van der Waals surface area contributed by atoms with Crippen molar-refractivity contribution in [2.45, 2.75) is 39.7 Å². The first-order valence-corrected chi connectivity index (χ1v) is 10.1. The molecule has 0 aliphatic carbocycles. The minimum Gasteiger partial charge on any atom is -0.496 e.